The lowest BCUT2D eigenvalue weighted by Gasteiger charge is -1.93. The summed E-state index contributed by atoms with van der Waals surface area (Å²) in [5.41, 5.74) is 0.964. The number of aromatic hydroxyl groups is 1. The highest BCUT2D eigenvalue weighted by molar-refractivity contribution is 5.37. The van der Waals surface area contributed by atoms with Crippen molar-refractivity contribution in [2.45, 2.75) is 6.42 Å². The van der Waals surface area contributed by atoms with E-state index in [-0.39, 0.29) is 5.75 Å². The topological polar surface area (TPSA) is 49.7 Å². The largest absolute Gasteiger partial charge is 0.508 e. The first-order chi connectivity index (χ1) is 6.33. The second kappa shape index (κ2) is 4.76. The monoisotopic (exact) mass is 173 g/mol. The van der Waals surface area contributed by atoms with E-state index >= 15 is 0 Å². The number of nitrogens with zero attached hydrogens (tertiary/aromatic N) is 1. The molecule has 0 unspecified atom stereocenters. The molecule has 0 heterocycles. The Hall–Kier alpha value is -2.04. The molecule has 0 aliphatic heterocycles. The highest BCUT2D eigenvalue weighted by Crippen LogP contribution is 2.09. The van der Waals surface area contributed by atoms with Gasteiger partial charge in [0.1, 0.15) is 5.75 Å². The molecule has 1 rings (SSSR count). The van der Waals surface area contributed by atoms with Gasteiger partial charge in [-0.15, -0.1) is 4.99 Å². The predicted molar refractivity (Wildman–Crippen MR) is 47.7 cm³/mol. The maximum Gasteiger partial charge on any atom is 0.249 e. The molecule has 64 valence electrons. The molecule has 0 saturated carbocycles. The van der Waals surface area contributed by atoms with Gasteiger partial charge in [0.15, 0.2) is 0 Å². The SMILES string of the molecule is O=C=NC#CCc1ccc(O)cc1. The van der Waals surface area contributed by atoms with Gasteiger partial charge in [-0.3, -0.25) is 0 Å². The Morgan fingerprint density at radius 1 is 1.31 bits per heavy atom. The average molecular weight is 173 g/mol. The van der Waals surface area contributed by atoms with E-state index in [9.17, 15) is 4.79 Å². The predicted octanol–water partition coefficient (Wildman–Crippen LogP) is 1.23. The van der Waals surface area contributed by atoms with Gasteiger partial charge in [0, 0.05) is 12.5 Å². The van der Waals surface area contributed by atoms with Crippen molar-refractivity contribution in [3.05, 3.63) is 29.8 Å². The lowest BCUT2D eigenvalue weighted by molar-refractivity contribution is 0.475. The van der Waals surface area contributed by atoms with Crippen LogP contribution in [0.1, 0.15) is 5.56 Å². The van der Waals surface area contributed by atoms with E-state index in [2.05, 4.69) is 17.0 Å². The first-order valence-corrected chi connectivity index (χ1v) is 3.65. The van der Waals surface area contributed by atoms with E-state index in [1.807, 2.05) is 0 Å². The number of rotatable bonds is 1. The molecule has 0 aliphatic carbocycles. The van der Waals surface area contributed by atoms with Gasteiger partial charge < -0.3 is 5.11 Å². The van der Waals surface area contributed by atoms with Crippen LogP contribution >= 0.6 is 0 Å². The van der Waals surface area contributed by atoms with Crippen molar-refractivity contribution < 1.29 is 9.90 Å². The maximum absolute atomic E-state index is 9.63. The summed E-state index contributed by atoms with van der Waals surface area (Å²) < 4.78 is 0. The summed E-state index contributed by atoms with van der Waals surface area (Å²) in [7, 11) is 0. The molecule has 0 bridgehead atoms. The zero-order chi connectivity index (χ0) is 9.52. The zero-order valence-corrected chi connectivity index (χ0v) is 6.82. The van der Waals surface area contributed by atoms with Gasteiger partial charge in [-0.05, 0) is 17.7 Å². The average Bonchev–Trinajstić information content (AvgIpc) is 2.15. The van der Waals surface area contributed by atoms with Gasteiger partial charge in [0.25, 0.3) is 0 Å². The number of carbonyl (C=O) groups excluding carboxylic acids is 1. The first kappa shape index (κ1) is 9.05. The lowest BCUT2D eigenvalue weighted by Crippen LogP contribution is -1.78. The summed E-state index contributed by atoms with van der Waals surface area (Å²) in [5, 5.41) is 8.96. The fraction of sp³-hybridized carbons (Fsp3) is 0.100. The van der Waals surface area contributed by atoms with Crippen molar-refractivity contribution in [1.29, 1.82) is 0 Å². The fourth-order valence-electron chi connectivity index (χ4n) is 0.818. The molecule has 1 aromatic carbocycles. The van der Waals surface area contributed by atoms with Crippen molar-refractivity contribution >= 4 is 6.08 Å². The summed E-state index contributed by atoms with van der Waals surface area (Å²) in [6.45, 7) is 0. The molecule has 3 heteroatoms. The van der Waals surface area contributed by atoms with Crippen LogP contribution in [0.3, 0.4) is 0 Å². The minimum atomic E-state index is 0.225. The third-order valence-corrected chi connectivity index (χ3v) is 1.41. The molecule has 3 nitrogen and oxygen atoms in total. The van der Waals surface area contributed by atoms with Gasteiger partial charge >= 0.3 is 0 Å². The summed E-state index contributed by atoms with van der Waals surface area (Å²) in [5.74, 6) is 2.89. The molecule has 0 radical (unpaired) electrons. The number of hydrogen-bond donors (Lipinski definition) is 1. The molecule has 0 saturated heterocycles. The molecule has 0 aliphatic rings. The van der Waals surface area contributed by atoms with Gasteiger partial charge in [0.05, 0.1) is 0 Å². The summed E-state index contributed by atoms with van der Waals surface area (Å²) >= 11 is 0. The molecule has 0 atom stereocenters. The van der Waals surface area contributed by atoms with Crippen molar-refractivity contribution in [3.8, 4) is 17.7 Å². The number of phenols is 1. The lowest BCUT2D eigenvalue weighted by atomic mass is 10.1. The van der Waals surface area contributed by atoms with Gasteiger partial charge in [0.2, 0.25) is 6.08 Å². The van der Waals surface area contributed by atoms with E-state index in [1.165, 1.54) is 6.08 Å². The highest BCUT2D eigenvalue weighted by Gasteiger charge is 1.89. The van der Waals surface area contributed by atoms with Crippen LogP contribution in [-0.2, 0) is 11.2 Å². The van der Waals surface area contributed by atoms with Gasteiger partial charge in [-0.2, -0.15) is 0 Å². The smallest absolute Gasteiger partial charge is 0.249 e. The van der Waals surface area contributed by atoms with Crippen molar-refractivity contribution in [2.24, 2.45) is 4.99 Å². The Morgan fingerprint density at radius 3 is 2.62 bits per heavy atom. The third kappa shape index (κ3) is 3.24. The number of phenolic OH excluding ortho intramolecular Hbond substituents is 1. The third-order valence-electron chi connectivity index (χ3n) is 1.41. The zero-order valence-electron chi connectivity index (χ0n) is 6.82. The fourth-order valence-corrected chi connectivity index (χ4v) is 0.818. The van der Waals surface area contributed by atoms with Crippen molar-refractivity contribution in [1.82, 2.24) is 0 Å². The molecule has 0 aromatic heterocycles. The van der Waals surface area contributed by atoms with Crippen molar-refractivity contribution in [2.75, 3.05) is 0 Å². The van der Waals surface area contributed by atoms with E-state index in [0.717, 1.165) is 5.56 Å². The van der Waals surface area contributed by atoms with Crippen LogP contribution in [0.15, 0.2) is 29.3 Å². The molecule has 1 N–H and O–H groups in total. The maximum atomic E-state index is 9.63. The molecule has 13 heavy (non-hydrogen) atoms. The quantitative estimate of drug-likeness (QED) is 0.394. The standard InChI is InChI=1S/C10H7NO2/c12-8-11-7-1-2-9-3-5-10(13)6-4-9/h3-6,13H,2H2. The summed E-state index contributed by atoms with van der Waals surface area (Å²) in [4.78, 5) is 12.7. The Kier molecular flexibility index (Phi) is 3.31. The van der Waals surface area contributed by atoms with Crippen LogP contribution in [0.25, 0.3) is 0 Å². The number of aliphatic imine (C=N–C) groups is 1. The van der Waals surface area contributed by atoms with Crippen molar-refractivity contribution in [3.63, 3.8) is 0 Å². The first-order valence-electron chi connectivity index (χ1n) is 3.65. The molecule has 0 fully saturated rings. The summed E-state index contributed by atoms with van der Waals surface area (Å²) in [6, 6.07) is 8.97. The van der Waals surface area contributed by atoms with E-state index in [1.54, 1.807) is 24.3 Å². The second-order valence-corrected chi connectivity index (χ2v) is 2.33. The Morgan fingerprint density at radius 2 is 2.00 bits per heavy atom. The summed E-state index contributed by atoms with van der Waals surface area (Å²) in [6.07, 6.45) is 1.83. The molecular formula is C10H7NO2. The minimum Gasteiger partial charge on any atom is -0.508 e. The normalized spacial score (nSPS) is 8.00. The van der Waals surface area contributed by atoms with Crippen LogP contribution in [-0.4, -0.2) is 11.2 Å². The van der Waals surface area contributed by atoms with Crippen LogP contribution in [0.4, 0.5) is 0 Å². The Bertz CT molecular complexity index is 378. The number of hydrogen-bond acceptors (Lipinski definition) is 3. The van der Waals surface area contributed by atoms with Gasteiger partial charge in [-0.25, -0.2) is 4.79 Å². The van der Waals surface area contributed by atoms with Gasteiger partial charge in [-0.1, -0.05) is 18.1 Å². The van der Waals surface area contributed by atoms with Crippen LogP contribution in [0, 0.1) is 12.0 Å². The Balaban J connectivity index is 2.61. The van der Waals surface area contributed by atoms with Crippen LogP contribution < -0.4 is 0 Å². The Labute approximate surface area is 75.7 Å². The van der Waals surface area contributed by atoms with E-state index in [0.29, 0.717) is 6.42 Å². The second-order valence-electron chi connectivity index (χ2n) is 2.33. The molecule has 0 spiro atoms. The van der Waals surface area contributed by atoms with Crippen LogP contribution in [0.5, 0.6) is 5.75 Å². The molecular weight excluding hydrogens is 166 g/mol. The van der Waals surface area contributed by atoms with Crippen LogP contribution in [0.2, 0.25) is 0 Å². The number of isocyanates is 1. The van der Waals surface area contributed by atoms with E-state index in [4.69, 9.17) is 5.11 Å². The minimum absolute atomic E-state index is 0.225. The van der Waals surface area contributed by atoms with E-state index < -0.39 is 0 Å². The number of benzene rings is 1. The molecule has 0 amide bonds. The highest BCUT2D eigenvalue weighted by atomic mass is 16.3. The molecule has 1 aromatic rings.